The Labute approximate surface area is 174 Å². The van der Waals surface area contributed by atoms with Crippen LogP contribution in [0.25, 0.3) is 0 Å². The number of benzene rings is 1. The second-order valence-corrected chi connectivity index (χ2v) is 7.16. The van der Waals surface area contributed by atoms with E-state index in [-0.39, 0.29) is 10.6 Å². The molecule has 4 N–H and O–H groups in total. The fourth-order valence-electron chi connectivity index (χ4n) is 2.33. The van der Waals surface area contributed by atoms with Crippen LogP contribution in [0.3, 0.4) is 0 Å². The largest absolute Gasteiger partial charge is 0.459 e. The molecule has 0 aliphatic carbocycles. The highest BCUT2D eigenvalue weighted by Crippen LogP contribution is 2.24. The lowest BCUT2D eigenvalue weighted by atomic mass is 10.2. The second-order valence-electron chi connectivity index (χ2n) is 6.07. The van der Waals surface area contributed by atoms with E-state index in [0.29, 0.717) is 16.3 Å². The van der Waals surface area contributed by atoms with E-state index in [1.54, 1.807) is 12.1 Å². The maximum atomic E-state index is 12.3. The number of nitrogens with two attached hydrogens (primary N) is 1. The maximum Gasteiger partial charge on any atom is 0.349 e. The maximum absolute atomic E-state index is 12.3. The highest BCUT2D eigenvalue weighted by molar-refractivity contribution is 7.18. The number of anilines is 2. The minimum Gasteiger partial charge on any atom is -0.459 e. The quantitative estimate of drug-likeness (QED) is 0.495. The zero-order valence-electron chi connectivity index (χ0n) is 15.7. The van der Waals surface area contributed by atoms with Crippen LogP contribution in [0, 0.1) is 0 Å². The van der Waals surface area contributed by atoms with Crippen molar-refractivity contribution in [3.05, 3.63) is 71.0 Å². The lowest BCUT2D eigenvalue weighted by Gasteiger charge is -2.13. The van der Waals surface area contributed by atoms with E-state index in [1.807, 2.05) is 0 Å². The monoisotopic (exact) mass is 427 g/mol. The average Bonchev–Trinajstić information content (AvgIpc) is 3.40. The lowest BCUT2D eigenvalue weighted by Crippen LogP contribution is -2.29. The van der Waals surface area contributed by atoms with Crippen LogP contribution in [0.2, 0.25) is 0 Å². The van der Waals surface area contributed by atoms with Gasteiger partial charge in [0, 0.05) is 11.3 Å². The van der Waals surface area contributed by atoms with Crippen LogP contribution in [0.1, 0.15) is 37.5 Å². The van der Waals surface area contributed by atoms with Gasteiger partial charge in [-0.3, -0.25) is 14.4 Å². The molecule has 154 valence electrons. The predicted molar refractivity (Wildman–Crippen MR) is 109 cm³/mol. The minimum absolute atomic E-state index is 0.140. The average molecular weight is 427 g/mol. The molecule has 0 aliphatic heterocycles. The summed E-state index contributed by atoms with van der Waals surface area (Å²) in [6.07, 6.45) is 0.307. The number of thiophene rings is 1. The Morgan fingerprint density at radius 3 is 2.40 bits per heavy atom. The Morgan fingerprint density at radius 1 is 1.03 bits per heavy atom. The van der Waals surface area contributed by atoms with E-state index in [4.69, 9.17) is 14.9 Å². The molecule has 0 aliphatic rings. The molecule has 1 atom stereocenters. The van der Waals surface area contributed by atoms with Crippen LogP contribution in [0.15, 0.2) is 59.2 Å². The van der Waals surface area contributed by atoms with Crippen LogP contribution in [0.4, 0.5) is 10.7 Å². The first-order valence-corrected chi connectivity index (χ1v) is 9.51. The van der Waals surface area contributed by atoms with Crippen molar-refractivity contribution in [3.63, 3.8) is 0 Å². The SMILES string of the molecule is CC(OC(=O)c1ccc(NC(=O)c2ccco2)s1)C(=O)Nc1ccc(C(N)=O)cc1. The Hall–Kier alpha value is -3.92. The van der Waals surface area contributed by atoms with Gasteiger partial charge in [0.1, 0.15) is 4.88 Å². The molecular formula is C20H17N3O6S. The number of esters is 1. The Kier molecular flexibility index (Phi) is 6.28. The van der Waals surface area contributed by atoms with E-state index in [2.05, 4.69) is 10.6 Å². The number of furan rings is 1. The molecule has 30 heavy (non-hydrogen) atoms. The number of hydrogen-bond acceptors (Lipinski definition) is 7. The van der Waals surface area contributed by atoms with E-state index in [1.165, 1.54) is 49.6 Å². The van der Waals surface area contributed by atoms with Crippen molar-refractivity contribution in [3.8, 4) is 0 Å². The summed E-state index contributed by atoms with van der Waals surface area (Å²) in [5.41, 5.74) is 5.89. The van der Waals surface area contributed by atoms with Gasteiger partial charge in [-0.15, -0.1) is 11.3 Å². The molecule has 0 radical (unpaired) electrons. The standard InChI is InChI=1S/C20H17N3O6S/c1-11(18(25)22-13-6-4-12(5-7-13)17(21)24)29-20(27)15-8-9-16(30-15)23-19(26)14-3-2-10-28-14/h2-11H,1H3,(H2,21,24)(H,22,25)(H,23,26). The summed E-state index contributed by atoms with van der Waals surface area (Å²) in [6, 6.07) is 12.1. The highest BCUT2D eigenvalue weighted by Gasteiger charge is 2.21. The van der Waals surface area contributed by atoms with Crippen LogP contribution in [0.5, 0.6) is 0 Å². The number of amides is 3. The van der Waals surface area contributed by atoms with Crippen molar-refractivity contribution >= 4 is 45.7 Å². The van der Waals surface area contributed by atoms with Crippen molar-refractivity contribution in [2.45, 2.75) is 13.0 Å². The topological polar surface area (TPSA) is 141 Å². The molecule has 0 saturated heterocycles. The molecule has 0 bridgehead atoms. The third-order valence-electron chi connectivity index (χ3n) is 3.88. The number of rotatable bonds is 7. The van der Waals surface area contributed by atoms with Crippen molar-refractivity contribution < 1.29 is 28.3 Å². The molecular weight excluding hydrogens is 410 g/mol. The van der Waals surface area contributed by atoms with Crippen LogP contribution < -0.4 is 16.4 Å². The summed E-state index contributed by atoms with van der Waals surface area (Å²) < 4.78 is 10.2. The summed E-state index contributed by atoms with van der Waals surface area (Å²) in [7, 11) is 0. The lowest BCUT2D eigenvalue weighted by molar-refractivity contribution is -0.123. The molecule has 1 unspecified atom stereocenters. The summed E-state index contributed by atoms with van der Waals surface area (Å²) in [5.74, 6) is -2.13. The molecule has 9 nitrogen and oxygen atoms in total. The molecule has 3 amide bonds. The zero-order chi connectivity index (χ0) is 21.7. The normalized spacial score (nSPS) is 11.4. The Morgan fingerprint density at radius 2 is 1.77 bits per heavy atom. The molecule has 10 heteroatoms. The van der Waals surface area contributed by atoms with Crippen molar-refractivity contribution in [1.82, 2.24) is 0 Å². The number of nitrogens with one attached hydrogen (secondary N) is 2. The zero-order valence-corrected chi connectivity index (χ0v) is 16.5. The van der Waals surface area contributed by atoms with Crippen molar-refractivity contribution in [1.29, 1.82) is 0 Å². The van der Waals surface area contributed by atoms with Crippen LogP contribution >= 0.6 is 11.3 Å². The first kappa shape index (κ1) is 20.8. The Balaban J connectivity index is 1.54. The first-order valence-electron chi connectivity index (χ1n) is 8.70. The van der Waals surface area contributed by atoms with Gasteiger partial charge in [-0.25, -0.2) is 4.79 Å². The number of carbonyl (C=O) groups excluding carboxylic acids is 4. The smallest absolute Gasteiger partial charge is 0.349 e. The second kappa shape index (κ2) is 9.05. The van der Waals surface area contributed by atoms with Crippen molar-refractivity contribution in [2.24, 2.45) is 5.73 Å². The number of carbonyl (C=O) groups is 4. The van der Waals surface area contributed by atoms with Gasteiger partial charge in [-0.05, 0) is 55.5 Å². The van der Waals surface area contributed by atoms with Gasteiger partial charge in [0.05, 0.1) is 11.3 Å². The highest BCUT2D eigenvalue weighted by atomic mass is 32.1. The molecule has 0 fully saturated rings. The van der Waals surface area contributed by atoms with Gasteiger partial charge in [0.2, 0.25) is 5.91 Å². The predicted octanol–water partition coefficient (Wildman–Crippen LogP) is 2.88. The van der Waals surface area contributed by atoms with E-state index < -0.39 is 29.8 Å². The number of primary amides is 1. The Bertz CT molecular complexity index is 1070. The summed E-state index contributed by atoms with van der Waals surface area (Å²) >= 11 is 1.00. The molecule has 1 aromatic carbocycles. The molecule has 3 aromatic rings. The fraction of sp³-hybridized carbons (Fsp3) is 0.100. The number of ether oxygens (including phenoxy) is 1. The van der Waals surface area contributed by atoms with Gasteiger partial charge in [0.15, 0.2) is 11.9 Å². The summed E-state index contributed by atoms with van der Waals surface area (Å²) in [4.78, 5) is 47.8. The van der Waals surface area contributed by atoms with Gasteiger partial charge in [-0.2, -0.15) is 0 Å². The number of hydrogen-bond donors (Lipinski definition) is 3. The molecule has 2 heterocycles. The van der Waals surface area contributed by atoms with Gasteiger partial charge in [0.25, 0.3) is 11.8 Å². The van der Waals surface area contributed by atoms with Gasteiger partial charge in [-0.1, -0.05) is 0 Å². The van der Waals surface area contributed by atoms with E-state index in [9.17, 15) is 19.2 Å². The summed E-state index contributed by atoms with van der Waals surface area (Å²) in [5, 5.41) is 5.61. The van der Waals surface area contributed by atoms with E-state index in [0.717, 1.165) is 11.3 Å². The van der Waals surface area contributed by atoms with E-state index >= 15 is 0 Å². The van der Waals surface area contributed by atoms with Gasteiger partial charge >= 0.3 is 5.97 Å². The third-order valence-corrected chi connectivity index (χ3v) is 4.86. The minimum atomic E-state index is -1.07. The molecule has 0 spiro atoms. The fourth-order valence-corrected chi connectivity index (χ4v) is 3.11. The summed E-state index contributed by atoms with van der Waals surface area (Å²) in [6.45, 7) is 1.43. The third kappa shape index (κ3) is 5.11. The molecule has 2 aromatic heterocycles. The molecule has 3 rings (SSSR count). The molecule has 0 saturated carbocycles. The van der Waals surface area contributed by atoms with Gasteiger partial charge < -0.3 is 25.5 Å². The van der Waals surface area contributed by atoms with Crippen LogP contribution in [-0.4, -0.2) is 29.8 Å². The van der Waals surface area contributed by atoms with Crippen molar-refractivity contribution in [2.75, 3.05) is 10.6 Å². The van der Waals surface area contributed by atoms with Crippen LogP contribution in [-0.2, 0) is 9.53 Å². The first-order chi connectivity index (χ1) is 14.3.